The van der Waals surface area contributed by atoms with E-state index in [1.54, 1.807) is 6.20 Å². The summed E-state index contributed by atoms with van der Waals surface area (Å²) in [5.41, 5.74) is 4.43. The summed E-state index contributed by atoms with van der Waals surface area (Å²) in [6.45, 7) is 1.99. The largest absolute Gasteiger partial charge is 0.338 e. The minimum atomic E-state index is 0.0178. The molecule has 1 aliphatic rings. The minimum Gasteiger partial charge on any atom is -0.338 e. The average molecular weight is 396 g/mol. The van der Waals surface area contributed by atoms with Crippen molar-refractivity contribution in [3.8, 4) is 28.5 Å². The van der Waals surface area contributed by atoms with Gasteiger partial charge in [-0.1, -0.05) is 19.1 Å². The molecule has 4 aromatic rings. The van der Waals surface area contributed by atoms with Gasteiger partial charge in [-0.3, -0.25) is 9.36 Å². The third-order valence-corrected chi connectivity index (χ3v) is 5.02. The first kappa shape index (κ1) is 18.1. The van der Waals surface area contributed by atoms with Crippen LogP contribution in [0.25, 0.3) is 28.5 Å². The minimum absolute atomic E-state index is 0.0178. The molecule has 0 fully saturated rings. The number of hydrogen-bond donors (Lipinski definition) is 2. The molecule has 0 unspecified atom stereocenters. The van der Waals surface area contributed by atoms with E-state index in [-0.39, 0.29) is 5.91 Å². The number of carbonyl (C=O) groups excluding carboxylic acids is 1. The smallest absolute Gasteiger partial charge is 0.224 e. The predicted molar refractivity (Wildman–Crippen MR) is 117 cm³/mol. The van der Waals surface area contributed by atoms with Crippen molar-refractivity contribution in [3.63, 3.8) is 0 Å². The molecule has 2 N–H and O–H groups in total. The second kappa shape index (κ2) is 7.44. The van der Waals surface area contributed by atoms with Gasteiger partial charge in [-0.15, -0.1) is 10.2 Å². The molecule has 1 amide bonds. The van der Waals surface area contributed by atoms with Crippen molar-refractivity contribution in [3.05, 3.63) is 66.9 Å². The zero-order valence-corrected chi connectivity index (χ0v) is 16.5. The number of carbonyl (C=O) groups is 1. The Morgan fingerprint density at radius 3 is 2.63 bits per heavy atom. The third-order valence-electron chi connectivity index (χ3n) is 5.02. The quantitative estimate of drug-likeness (QED) is 0.456. The van der Waals surface area contributed by atoms with Gasteiger partial charge < -0.3 is 10.6 Å². The summed E-state index contributed by atoms with van der Waals surface area (Å²) in [6.07, 6.45) is 3.09. The average Bonchev–Trinajstić information content (AvgIpc) is 3.14. The first-order valence-electron chi connectivity index (χ1n) is 9.92. The Kier molecular flexibility index (Phi) is 4.48. The van der Waals surface area contributed by atoms with E-state index in [0.29, 0.717) is 12.2 Å². The van der Waals surface area contributed by atoms with Crippen molar-refractivity contribution in [1.29, 1.82) is 0 Å². The number of pyridine rings is 1. The maximum absolute atomic E-state index is 11.9. The topological polar surface area (TPSA) is 84.7 Å². The first-order valence-corrected chi connectivity index (χ1v) is 9.92. The van der Waals surface area contributed by atoms with Crippen molar-refractivity contribution in [2.45, 2.75) is 19.8 Å². The summed E-state index contributed by atoms with van der Waals surface area (Å²) >= 11 is 0. The lowest BCUT2D eigenvalue weighted by molar-refractivity contribution is -0.116. The second-order valence-electron chi connectivity index (χ2n) is 7.10. The van der Waals surface area contributed by atoms with Gasteiger partial charge in [0.2, 0.25) is 5.91 Å². The molecule has 0 aliphatic carbocycles. The molecule has 2 aromatic carbocycles. The van der Waals surface area contributed by atoms with Crippen LogP contribution in [-0.4, -0.2) is 25.7 Å². The van der Waals surface area contributed by atoms with Gasteiger partial charge in [-0.05, 0) is 55.0 Å². The van der Waals surface area contributed by atoms with Crippen LogP contribution in [0.5, 0.6) is 0 Å². The number of hydrogen-bond acceptors (Lipinski definition) is 5. The van der Waals surface area contributed by atoms with Gasteiger partial charge in [-0.2, -0.15) is 0 Å². The number of benzene rings is 2. The third kappa shape index (κ3) is 3.10. The van der Waals surface area contributed by atoms with Crippen molar-refractivity contribution in [2.75, 3.05) is 10.6 Å². The van der Waals surface area contributed by atoms with E-state index >= 15 is 0 Å². The van der Waals surface area contributed by atoms with E-state index < -0.39 is 0 Å². The summed E-state index contributed by atoms with van der Waals surface area (Å²) in [4.78, 5) is 16.4. The number of nitrogens with zero attached hydrogens (tertiary/aromatic N) is 4. The van der Waals surface area contributed by atoms with Crippen LogP contribution < -0.4 is 10.6 Å². The Bertz CT molecular complexity index is 1230. The molecule has 7 nitrogen and oxygen atoms in total. The Morgan fingerprint density at radius 2 is 1.80 bits per heavy atom. The summed E-state index contributed by atoms with van der Waals surface area (Å²) in [5, 5.41) is 15.3. The molecular formula is C23H20N6O. The molecule has 3 heterocycles. The molecule has 0 bridgehead atoms. The van der Waals surface area contributed by atoms with E-state index in [4.69, 9.17) is 0 Å². The van der Waals surface area contributed by atoms with Crippen LogP contribution in [0.2, 0.25) is 0 Å². The molecule has 7 heteroatoms. The maximum atomic E-state index is 11.9. The lowest BCUT2D eigenvalue weighted by Gasteiger charge is -2.11. The summed E-state index contributed by atoms with van der Waals surface area (Å²) in [7, 11) is 0. The fourth-order valence-electron chi connectivity index (χ4n) is 3.62. The zero-order chi connectivity index (χ0) is 20.5. The van der Waals surface area contributed by atoms with Crippen molar-refractivity contribution >= 4 is 23.1 Å². The molecule has 30 heavy (non-hydrogen) atoms. The van der Waals surface area contributed by atoms with Crippen molar-refractivity contribution in [2.24, 2.45) is 0 Å². The molecule has 0 atom stereocenters. The summed E-state index contributed by atoms with van der Waals surface area (Å²) in [5.74, 6) is 2.22. The van der Waals surface area contributed by atoms with Crippen molar-refractivity contribution in [1.82, 2.24) is 19.7 Å². The SMILES string of the molecule is CCCC(=O)Nc1ccc(-c2nnc3n2-c2cccnc2Nc2ccccc2-3)cc1. The Hall–Kier alpha value is -4.00. The molecule has 2 aromatic heterocycles. The van der Waals surface area contributed by atoms with Gasteiger partial charge in [-0.25, -0.2) is 4.98 Å². The standard InChI is InChI=1S/C23H20N6O/c1-2-6-20(30)25-16-12-10-15(11-13-16)22-27-28-23-17-7-3-4-8-18(17)26-21-19(29(22)23)9-5-14-24-21/h3-5,7-14H,2,6H2,1H3,(H,24,26)(H,25,30). The van der Waals surface area contributed by atoms with E-state index in [2.05, 4.69) is 25.8 Å². The lowest BCUT2D eigenvalue weighted by Crippen LogP contribution is -2.10. The molecule has 5 rings (SSSR count). The first-order chi connectivity index (χ1) is 14.7. The highest BCUT2D eigenvalue weighted by molar-refractivity contribution is 5.91. The fourth-order valence-corrected chi connectivity index (χ4v) is 3.62. The van der Waals surface area contributed by atoms with Gasteiger partial charge in [0.15, 0.2) is 17.5 Å². The zero-order valence-electron chi connectivity index (χ0n) is 16.5. The van der Waals surface area contributed by atoms with Crippen LogP contribution >= 0.6 is 0 Å². The van der Waals surface area contributed by atoms with Crippen molar-refractivity contribution < 1.29 is 4.79 Å². The maximum Gasteiger partial charge on any atom is 0.224 e. The Morgan fingerprint density at radius 1 is 1.00 bits per heavy atom. The molecule has 148 valence electrons. The van der Waals surface area contributed by atoms with Gasteiger partial charge >= 0.3 is 0 Å². The van der Waals surface area contributed by atoms with Crippen LogP contribution in [0.3, 0.4) is 0 Å². The van der Waals surface area contributed by atoms with E-state index in [1.165, 1.54) is 0 Å². The van der Waals surface area contributed by atoms with Crippen LogP contribution in [0.15, 0.2) is 66.9 Å². The highest BCUT2D eigenvalue weighted by Crippen LogP contribution is 2.38. The molecule has 1 aliphatic heterocycles. The highest BCUT2D eigenvalue weighted by atomic mass is 16.1. The van der Waals surface area contributed by atoms with Gasteiger partial charge in [0.1, 0.15) is 0 Å². The highest BCUT2D eigenvalue weighted by Gasteiger charge is 2.24. The number of aromatic nitrogens is 4. The molecule has 0 spiro atoms. The van der Waals surface area contributed by atoms with E-state index in [1.807, 2.05) is 72.2 Å². The van der Waals surface area contributed by atoms with Crippen LogP contribution in [0, 0.1) is 0 Å². The predicted octanol–water partition coefficient (Wildman–Crippen LogP) is 4.79. The summed E-state index contributed by atoms with van der Waals surface area (Å²) < 4.78 is 2.02. The van der Waals surface area contributed by atoms with E-state index in [9.17, 15) is 4.79 Å². The number of para-hydroxylation sites is 1. The number of fused-ring (bicyclic) bond motifs is 5. The lowest BCUT2D eigenvalue weighted by atomic mass is 10.1. The summed E-state index contributed by atoms with van der Waals surface area (Å²) in [6, 6.07) is 19.5. The monoisotopic (exact) mass is 396 g/mol. The molecule has 0 saturated carbocycles. The van der Waals surface area contributed by atoms with Gasteiger partial charge in [0.05, 0.1) is 11.4 Å². The second-order valence-corrected chi connectivity index (χ2v) is 7.10. The number of amides is 1. The number of rotatable bonds is 4. The van der Waals surface area contributed by atoms with Crippen LogP contribution in [-0.2, 0) is 4.79 Å². The fraction of sp³-hybridized carbons (Fsp3) is 0.130. The number of anilines is 3. The number of nitrogens with one attached hydrogen (secondary N) is 2. The van der Waals surface area contributed by atoms with Crippen LogP contribution in [0.4, 0.5) is 17.2 Å². The molecular weight excluding hydrogens is 376 g/mol. The molecule has 0 radical (unpaired) electrons. The Labute approximate surface area is 173 Å². The Balaban J connectivity index is 1.61. The molecule has 0 saturated heterocycles. The van der Waals surface area contributed by atoms with Crippen LogP contribution in [0.1, 0.15) is 19.8 Å². The van der Waals surface area contributed by atoms with E-state index in [0.717, 1.165) is 46.3 Å². The van der Waals surface area contributed by atoms with Gasteiger partial charge in [0.25, 0.3) is 0 Å². The van der Waals surface area contributed by atoms with Gasteiger partial charge in [0, 0.05) is 29.4 Å². The normalized spacial score (nSPS) is 11.5.